The zero-order valence-corrected chi connectivity index (χ0v) is 20.0. The molecule has 0 aliphatic rings. The van der Waals surface area contributed by atoms with Gasteiger partial charge < -0.3 is 19.5 Å². The van der Waals surface area contributed by atoms with Gasteiger partial charge in [0.2, 0.25) is 0 Å². The van der Waals surface area contributed by atoms with Gasteiger partial charge in [-0.15, -0.1) is 0 Å². The van der Waals surface area contributed by atoms with Gasteiger partial charge in [-0.2, -0.15) is 0 Å². The van der Waals surface area contributed by atoms with Crippen molar-refractivity contribution in [3.05, 3.63) is 60.1 Å². The Labute approximate surface area is 196 Å². The van der Waals surface area contributed by atoms with E-state index in [9.17, 15) is 0 Å². The Morgan fingerprint density at radius 2 is 2.03 bits per heavy atom. The smallest absolute Gasteiger partial charge is 0.172 e. The van der Waals surface area contributed by atoms with Gasteiger partial charge in [0.25, 0.3) is 0 Å². The molecule has 2 aromatic carbocycles. The van der Waals surface area contributed by atoms with Crippen molar-refractivity contribution in [1.82, 2.24) is 24.4 Å². The van der Waals surface area contributed by atoms with Gasteiger partial charge in [0.15, 0.2) is 5.16 Å². The normalized spacial score (nSPS) is 12.3. The molecule has 4 aromatic rings. The molecule has 0 saturated heterocycles. The molecule has 2 heterocycles. The molecule has 9 heteroatoms. The summed E-state index contributed by atoms with van der Waals surface area (Å²) in [7, 11) is 6.01. The summed E-state index contributed by atoms with van der Waals surface area (Å²) < 4.78 is 8.19. The van der Waals surface area contributed by atoms with Gasteiger partial charge in [0.05, 0.1) is 15.9 Å². The number of aryl methyl sites for hydroxylation is 1. The third kappa shape index (κ3) is 5.15. The average Bonchev–Trinajstić information content (AvgIpc) is 3.14. The van der Waals surface area contributed by atoms with Crippen molar-refractivity contribution in [2.45, 2.75) is 23.1 Å². The lowest BCUT2D eigenvalue weighted by Crippen LogP contribution is -2.28. The number of imidazole rings is 1. The van der Waals surface area contributed by atoms with Gasteiger partial charge in [-0.3, -0.25) is 0 Å². The van der Waals surface area contributed by atoms with Gasteiger partial charge in [0.1, 0.15) is 24.0 Å². The van der Waals surface area contributed by atoms with E-state index in [-0.39, 0.29) is 6.10 Å². The van der Waals surface area contributed by atoms with Gasteiger partial charge in [-0.05, 0) is 51.4 Å². The van der Waals surface area contributed by atoms with Crippen LogP contribution in [0.1, 0.15) is 6.92 Å². The quantitative estimate of drug-likeness (QED) is 0.379. The summed E-state index contributed by atoms with van der Waals surface area (Å²) in [6.45, 7) is 2.85. The van der Waals surface area contributed by atoms with Crippen LogP contribution in [0.25, 0.3) is 10.9 Å². The predicted molar refractivity (Wildman–Crippen MR) is 130 cm³/mol. The molecule has 0 amide bonds. The molecule has 0 radical (unpaired) electrons. The molecule has 0 fully saturated rings. The topological polar surface area (TPSA) is 68.1 Å². The highest BCUT2D eigenvalue weighted by Gasteiger charge is 2.14. The number of nitrogens with one attached hydrogen (secondary N) is 1. The summed E-state index contributed by atoms with van der Waals surface area (Å²) >= 11 is 8.09. The Morgan fingerprint density at radius 3 is 2.75 bits per heavy atom. The van der Waals surface area contributed by atoms with Crippen molar-refractivity contribution >= 4 is 45.8 Å². The van der Waals surface area contributed by atoms with E-state index in [0.717, 1.165) is 38.9 Å². The van der Waals surface area contributed by atoms with E-state index < -0.39 is 0 Å². The van der Waals surface area contributed by atoms with Crippen molar-refractivity contribution in [2.75, 3.05) is 26.0 Å². The molecule has 32 heavy (non-hydrogen) atoms. The maximum atomic E-state index is 6.57. The lowest BCUT2D eigenvalue weighted by Gasteiger charge is -2.20. The zero-order valence-electron chi connectivity index (χ0n) is 18.4. The molecule has 0 aliphatic carbocycles. The van der Waals surface area contributed by atoms with Crippen LogP contribution in [0.2, 0.25) is 5.02 Å². The number of nitrogens with zero attached hydrogens (tertiary/aromatic N) is 5. The first kappa shape index (κ1) is 22.4. The third-order valence-corrected chi connectivity index (χ3v) is 6.32. The van der Waals surface area contributed by atoms with Crippen LogP contribution in [0.4, 0.5) is 11.5 Å². The maximum absolute atomic E-state index is 6.57. The van der Waals surface area contributed by atoms with Crippen molar-refractivity contribution in [3.8, 4) is 5.75 Å². The van der Waals surface area contributed by atoms with E-state index in [4.69, 9.17) is 16.3 Å². The number of ether oxygens (including phenoxy) is 1. The summed E-state index contributed by atoms with van der Waals surface area (Å²) in [6, 6.07) is 11.7. The number of anilines is 2. The predicted octanol–water partition coefficient (Wildman–Crippen LogP) is 5.24. The van der Waals surface area contributed by atoms with Gasteiger partial charge in [-0.1, -0.05) is 29.4 Å². The van der Waals surface area contributed by atoms with Crippen LogP contribution in [0.3, 0.4) is 0 Å². The Balaban J connectivity index is 1.61. The minimum atomic E-state index is 0.0144. The minimum absolute atomic E-state index is 0.0144. The molecule has 0 unspecified atom stereocenters. The lowest BCUT2D eigenvalue weighted by atomic mass is 10.2. The Bertz CT molecular complexity index is 1220. The highest BCUT2D eigenvalue weighted by atomic mass is 35.5. The highest BCUT2D eigenvalue weighted by molar-refractivity contribution is 7.99. The molecule has 0 spiro atoms. The molecular formula is C23H25ClN6OS. The number of benzene rings is 2. The van der Waals surface area contributed by atoms with Crippen LogP contribution in [-0.4, -0.2) is 51.2 Å². The molecule has 2 aromatic heterocycles. The van der Waals surface area contributed by atoms with Crippen molar-refractivity contribution in [1.29, 1.82) is 0 Å². The van der Waals surface area contributed by atoms with E-state index in [1.54, 1.807) is 12.5 Å². The summed E-state index contributed by atoms with van der Waals surface area (Å²) in [5, 5.41) is 5.73. The number of halogens is 1. The molecule has 0 saturated carbocycles. The summed E-state index contributed by atoms with van der Waals surface area (Å²) in [5.74, 6) is 1.41. The number of hydrogen-bond donors (Lipinski definition) is 1. The SMILES string of the molecule is C[C@@H](CN(C)C)Oc1cccc2ncnc(Nc3ccc(Sc4nccn4C)c(Cl)c3)c12. The molecule has 7 nitrogen and oxygen atoms in total. The molecule has 166 valence electrons. The van der Waals surface area contributed by atoms with Crippen LogP contribution >= 0.6 is 23.4 Å². The number of aromatic nitrogens is 4. The van der Waals surface area contributed by atoms with E-state index in [0.29, 0.717) is 10.8 Å². The Hall–Kier alpha value is -2.81. The third-order valence-electron chi connectivity index (χ3n) is 4.75. The lowest BCUT2D eigenvalue weighted by molar-refractivity contribution is 0.179. The number of rotatable bonds is 8. The maximum Gasteiger partial charge on any atom is 0.172 e. The Morgan fingerprint density at radius 1 is 1.19 bits per heavy atom. The van der Waals surface area contributed by atoms with Crippen molar-refractivity contribution < 1.29 is 4.74 Å². The first-order chi connectivity index (χ1) is 15.4. The monoisotopic (exact) mass is 468 g/mol. The van der Waals surface area contributed by atoms with Crippen molar-refractivity contribution in [3.63, 3.8) is 0 Å². The fourth-order valence-electron chi connectivity index (χ4n) is 3.39. The second kappa shape index (κ2) is 9.77. The van der Waals surface area contributed by atoms with Crippen LogP contribution in [0.5, 0.6) is 5.75 Å². The van der Waals surface area contributed by atoms with Crippen molar-refractivity contribution in [2.24, 2.45) is 7.05 Å². The van der Waals surface area contributed by atoms with Crippen LogP contribution in [0.15, 0.2) is 65.2 Å². The Kier molecular flexibility index (Phi) is 6.83. The van der Waals surface area contributed by atoms with Gasteiger partial charge >= 0.3 is 0 Å². The fourth-order valence-corrected chi connectivity index (χ4v) is 4.49. The molecular weight excluding hydrogens is 444 g/mol. The first-order valence-electron chi connectivity index (χ1n) is 10.2. The molecule has 1 atom stereocenters. The molecule has 1 N–H and O–H groups in total. The van der Waals surface area contributed by atoms with Gasteiger partial charge in [0, 0.05) is 36.6 Å². The molecule has 0 aliphatic heterocycles. The number of fused-ring (bicyclic) bond motifs is 1. The summed E-state index contributed by atoms with van der Waals surface area (Å²) in [4.78, 5) is 16.3. The largest absolute Gasteiger partial charge is 0.489 e. The van der Waals surface area contributed by atoms with Crippen LogP contribution in [0, 0.1) is 0 Å². The first-order valence-corrected chi connectivity index (χ1v) is 11.4. The fraction of sp³-hybridized carbons (Fsp3) is 0.261. The number of likely N-dealkylation sites (N-methyl/N-ethyl adjacent to an activating group) is 1. The van der Waals surface area contributed by atoms with Gasteiger partial charge in [-0.25, -0.2) is 15.0 Å². The van der Waals surface area contributed by atoms with E-state index in [1.807, 2.05) is 75.2 Å². The molecule has 0 bridgehead atoms. The van der Waals surface area contributed by atoms with Crippen LogP contribution < -0.4 is 10.1 Å². The van der Waals surface area contributed by atoms with E-state index in [1.165, 1.54) is 11.8 Å². The zero-order chi connectivity index (χ0) is 22.7. The summed E-state index contributed by atoms with van der Waals surface area (Å²) in [5.41, 5.74) is 1.64. The van der Waals surface area contributed by atoms with Crippen LogP contribution in [-0.2, 0) is 7.05 Å². The highest BCUT2D eigenvalue weighted by Crippen LogP contribution is 2.36. The standard InChI is InChI=1S/C23H25ClN6OS/c1-15(13-29(2)3)31-19-7-5-6-18-21(19)22(27-14-26-18)28-16-8-9-20(17(24)12-16)32-23-25-10-11-30(23)4/h5-12,14-15H,13H2,1-4H3,(H,26,27,28)/t15-/m0/s1. The average molecular weight is 469 g/mol. The minimum Gasteiger partial charge on any atom is -0.489 e. The second-order valence-corrected chi connectivity index (χ2v) is 9.17. The summed E-state index contributed by atoms with van der Waals surface area (Å²) in [6.07, 6.45) is 5.24. The molecule has 4 rings (SSSR count). The second-order valence-electron chi connectivity index (χ2n) is 7.76. The number of hydrogen-bond acceptors (Lipinski definition) is 7. The van der Waals surface area contributed by atoms with E-state index in [2.05, 4.69) is 25.2 Å². The van der Waals surface area contributed by atoms with E-state index >= 15 is 0 Å².